The number of rotatable bonds is 6. The number of hydrogen-bond acceptors (Lipinski definition) is 4. The van der Waals surface area contributed by atoms with E-state index in [1.54, 1.807) is 0 Å². The summed E-state index contributed by atoms with van der Waals surface area (Å²) in [5.74, 6) is 1.60. The van der Waals surface area contributed by atoms with Gasteiger partial charge in [-0.25, -0.2) is 19.9 Å². The van der Waals surface area contributed by atoms with Gasteiger partial charge in [-0.05, 0) is 46.8 Å². The molecule has 0 aliphatic rings. The molecule has 266 valence electrons. The molecule has 3 aromatic heterocycles. The minimum Gasteiger partial charge on any atom is -0.292 e. The van der Waals surface area contributed by atoms with Gasteiger partial charge >= 0.3 is 0 Å². The molecular weight excluding hydrogens is 695 g/mol. The average Bonchev–Trinajstić information content (AvgIpc) is 3.69. The Bertz CT molecular complexity index is 3250. The topological polar surface area (TPSA) is 56.5 Å². The third-order valence-corrected chi connectivity index (χ3v) is 10.8. The zero-order valence-corrected chi connectivity index (χ0v) is 30.8. The van der Waals surface area contributed by atoms with E-state index in [2.05, 4.69) is 162 Å². The first-order valence-corrected chi connectivity index (χ1v) is 19.1. The molecule has 0 saturated heterocycles. The summed E-state index contributed by atoms with van der Waals surface area (Å²) in [6, 6.07) is 69.5. The Labute approximate surface area is 329 Å². The summed E-state index contributed by atoms with van der Waals surface area (Å²) in [6.45, 7) is 0. The Morgan fingerprint density at radius 1 is 0.316 bits per heavy atom. The van der Waals surface area contributed by atoms with Gasteiger partial charge in [0.15, 0.2) is 5.82 Å². The van der Waals surface area contributed by atoms with Crippen LogP contribution in [0, 0.1) is 0 Å². The SMILES string of the molecule is c1ccc(-c2nc(-c3ccc(-c4ccc(-c5nc6ccccc6c6ccc7c(nc(-c8ccccc8)n7-c7ccccc7)c56)cc4)cc3)nc3ccccc23)cc1. The summed E-state index contributed by atoms with van der Waals surface area (Å²) in [5.41, 5.74) is 13.1. The molecule has 57 heavy (non-hydrogen) atoms. The average molecular weight is 728 g/mol. The van der Waals surface area contributed by atoms with E-state index in [4.69, 9.17) is 19.9 Å². The second-order valence-corrected chi connectivity index (χ2v) is 14.2. The van der Waals surface area contributed by atoms with E-state index in [0.29, 0.717) is 5.82 Å². The van der Waals surface area contributed by atoms with Crippen molar-refractivity contribution >= 4 is 43.6 Å². The predicted octanol–water partition coefficient (Wildman–Crippen LogP) is 13.0. The van der Waals surface area contributed by atoms with Crippen molar-refractivity contribution < 1.29 is 0 Å². The van der Waals surface area contributed by atoms with Crippen LogP contribution in [-0.4, -0.2) is 24.5 Å². The molecule has 0 aliphatic carbocycles. The first kappa shape index (κ1) is 32.7. The molecular formula is C52H33N5. The summed E-state index contributed by atoms with van der Waals surface area (Å²) in [7, 11) is 0. The number of hydrogen-bond donors (Lipinski definition) is 0. The molecule has 0 N–H and O–H groups in total. The lowest BCUT2D eigenvalue weighted by atomic mass is 9.97. The van der Waals surface area contributed by atoms with Crippen molar-refractivity contribution in [1.82, 2.24) is 24.5 Å². The van der Waals surface area contributed by atoms with E-state index in [1.807, 2.05) is 42.5 Å². The number of nitrogens with zero attached hydrogens (tertiary/aromatic N) is 5. The van der Waals surface area contributed by atoms with Gasteiger partial charge in [0.2, 0.25) is 0 Å². The fourth-order valence-corrected chi connectivity index (χ4v) is 8.07. The van der Waals surface area contributed by atoms with Gasteiger partial charge in [-0.1, -0.05) is 170 Å². The minimum atomic E-state index is 0.708. The van der Waals surface area contributed by atoms with E-state index < -0.39 is 0 Å². The molecule has 0 saturated carbocycles. The number of benzene rings is 8. The van der Waals surface area contributed by atoms with Crippen LogP contribution in [0.5, 0.6) is 0 Å². The molecule has 8 aromatic carbocycles. The first-order chi connectivity index (χ1) is 28.3. The Balaban J connectivity index is 1.02. The van der Waals surface area contributed by atoms with Crippen molar-refractivity contribution in [3.63, 3.8) is 0 Å². The second-order valence-electron chi connectivity index (χ2n) is 14.2. The molecule has 0 amide bonds. The monoisotopic (exact) mass is 727 g/mol. The van der Waals surface area contributed by atoms with E-state index >= 15 is 0 Å². The van der Waals surface area contributed by atoms with Gasteiger partial charge < -0.3 is 0 Å². The number of aromatic nitrogens is 5. The quantitative estimate of drug-likeness (QED) is 0.160. The normalized spacial score (nSPS) is 11.5. The van der Waals surface area contributed by atoms with Crippen LogP contribution in [0.2, 0.25) is 0 Å². The Hall–Kier alpha value is -7.76. The van der Waals surface area contributed by atoms with Crippen molar-refractivity contribution in [2.45, 2.75) is 0 Å². The summed E-state index contributed by atoms with van der Waals surface area (Å²) < 4.78 is 2.27. The van der Waals surface area contributed by atoms with Gasteiger partial charge in [-0.3, -0.25) is 4.57 Å². The molecule has 11 rings (SSSR count). The van der Waals surface area contributed by atoms with E-state index in [9.17, 15) is 0 Å². The highest BCUT2D eigenvalue weighted by Gasteiger charge is 2.21. The van der Waals surface area contributed by atoms with Crippen molar-refractivity contribution in [2.24, 2.45) is 0 Å². The van der Waals surface area contributed by atoms with Crippen LogP contribution in [0.4, 0.5) is 0 Å². The van der Waals surface area contributed by atoms with Crippen molar-refractivity contribution in [2.75, 3.05) is 0 Å². The van der Waals surface area contributed by atoms with Crippen molar-refractivity contribution in [1.29, 1.82) is 0 Å². The fraction of sp³-hybridized carbons (Fsp3) is 0. The summed E-state index contributed by atoms with van der Waals surface area (Å²) in [6.07, 6.45) is 0. The van der Waals surface area contributed by atoms with Gasteiger partial charge in [0.1, 0.15) is 5.82 Å². The van der Waals surface area contributed by atoms with Crippen LogP contribution >= 0.6 is 0 Å². The van der Waals surface area contributed by atoms with E-state index in [-0.39, 0.29) is 0 Å². The Morgan fingerprint density at radius 3 is 1.53 bits per heavy atom. The molecule has 0 bridgehead atoms. The molecule has 5 heteroatoms. The molecule has 11 aromatic rings. The lowest BCUT2D eigenvalue weighted by Gasteiger charge is -2.13. The van der Waals surface area contributed by atoms with Gasteiger partial charge in [0.25, 0.3) is 0 Å². The van der Waals surface area contributed by atoms with E-state index in [0.717, 1.165) is 99.9 Å². The van der Waals surface area contributed by atoms with Crippen LogP contribution in [-0.2, 0) is 0 Å². The largest absolute Gasteiger partial charge is 0.292 e. The van der Waals surface area contributed by atoms with Gasteiger partial charge in [-0.15, -0.1) is 0 Å². The molecule has 3 heterocycles. The van der Waals surface area contributed by atoms with Gasteiger partial charge in [0.05, 0.1) is 33.5 Å². The number of imidazole rings is 1. The molecule has 0 fully saturated rings. The third kappa shape index (κ3) is 5.64. The fourth-order valence-electron chi connectivity index (χ4n) is 8.07. The van der Waals surface area contributed by atoms with Gasteiger partial charge in [0, 0.05) is 44.1 Å². The van der Waals surface area contributed by atoms with Crippen LogP contribution in [0.25, 0.3) is 106 Å². The van der Waals surface area contributed by atoms with Crippen LogP contribution in [0.1, 0.15) is 0 Å². The summed E-state index contributed by atoms with van der Waals surface area (Å²) in [5, 5.41) is 4.32. The maximum atomic E-state index is 5.43. The highest BCUT2D eigenvalue weighted by molar-refractivity contribution is 6.20. The highest BCUT2D eigenvalue weighted by Crippen LogP contribution is 2.40. The number of para-hydroxylation sites is 3. The van der Waals surface area contributed by atoms with E-state index in [1.165, 1.54) is 0 Å². The lowest BCUT2D eigenvalue weighted by molar-refractivity contribution is 1.10. The molecule has 0 atom stereocenters. The Kier molecular flexibility index (Phi) is 7.74. The predicted molar refractivity (Wildman–Crippen MR) is 234 cm³/mol. The van der Waals surface area contributed by atoms with Crippen molar-refractivity contribution in [3.05, 3.63) is 200 Å². The number of pyridine rings is 1. The van der Waals surface area contributed by atoms with Crippen LogP contribution in [0.15, 0.2) is 200 Å². The molecule has 0 spiro atoms. The Morgan fingerprint density at radius 2 is 0.842 bits per heavy atom. The summed E-state index contributed by atoms with van der Waals surface area (Å²) in [4.78, 5) is 20.8. The standard InChI is InChI=1S/C52H33N5/c1-4-14-36(15-5-1)48-43-21-11-13-23-45(43)54-51(55-48)38-30-26-35(27-31-38)34-24-28-37(29-25-34)49-47-42(41-20-10-12-22-44(41)53-49)32-33-46-50(47)56-52(39-16-6-2-7-17-39)57(46)40-18-8-3-9-19-40/h1-33H. The molecule has 0 radical (unpaired) electrons. The van der Waals surface area contributed by atoms with Crippen LogP contribution < -0.4 is 0 Å². The minimum absolute atomic E-state index is 0.708. The molecule has 0 unspecified atom stereocenters. The number of fused-ring (bicyclic) bond motifs is 6. The maximum absolute atomic E-state index is 5.43. The highest BCUT2D eigenvalue weighted by atomic mass is 15.1. The second kappa shape index (κ2) is 13.5. The zero-order valence-electron chi connectivity index (χ0n) is 30.8. The zero-order chi connectivity index (χ0) is 37.7. The van der Waals surface area contributed by atoms with Crippen LogP contribution in [0.3, 0.4) is 0 Å². The first-order valence-electron chi connectivity index (χ1n) is 19.1. The van der Waals surface area contributed by atoms with Gasteiger partial charge in [-0.2, -0.15) is 0 Å². The smallest absolute Gasteiger partial charge is 0.160 e. The molecule has 5 nitrogen and oxygen atoms in total. The maximum Gasteiger partial charge on any atom is 0.160 e. The third-order valence-electron chi connectivity index (χ3n) is 10.8. The molecule has 0 aliphatic heterocycles. The van der Waals surface area contributed by atoms with Crippen molar-refractivity contribution in [3.8, 4) is 62.1 Å². The summed E-state index contributed by atoms with van der Waals surface area (Å²) >= 11 is 0. The lowest BCUT2D eigenvalue weighted by Crippen LogP contribution is -1.97.